The van der Waals surface area contributed by atoms with Gasteiger partial charge in [-0.05, 0) is 28.9 Å². The lowest BCUT2D eigenvalue weighted by Gasteiger charge is -2.39. The lowest BCUT2D eigenvalue weighted by molar-refractivity contribution is 0.0143. The molecule has 1 N–H and O–H groups in total. The molecule has 0 saturated carbocycles. The number of imidazole rings is 1. The first-order valence-corrected chi connectivity index (χ1v) is 9.69. The smallest absolute Gasteiger partial charge is 0.180 e. The zero-order chi connectivity index (χ0) is 19.1. The summed E-state index contributed by atoms with van der Waals surface area (Å²) in [6, 6.07) is 2.04. The largest absolute Gasteiger partial charge is 0.369 e. The number of hydrogen-bond donors (Lipinski definition) is 1. The number of halogens is 1. The quantitative estimate of drug-likeness (QED) is 0.522. The summed E-state index contributed by atoms with van der Waals surface area (Å²) in [5.74, 6) is 1.47. The molecule has 0 radical (unpaired) electrons. The van der Waals surface area contributed by atoms with Crippen molar-refractivity contribution in [1.29, 1.82) is 0 Å². The SMILES string of the molecule is C[C@H]1[C@@H](c2cn[nH]c2)OCCN1c1ccnc(-c2cnc3cnc(Br)cn23)n1. The monoisotopic (exact) mass is 440 g/mol. The highest BCUT2D eigenvalue weighted by molar-refractivity contribution is 9.10. The van der Waals surface area contributed by atoms with Crippen LogP contribution in [0, 0.1) is 0 Å². The van der Waals surface area contributed by atoms with Crippen LogP contribution in [0.2, 0.25) is 0 Å². The molecule has 4 aromatic heterocycles. The average Bonchev–Trinajstić information content (AvgIpc) is 3.38. The predicted octanol–water partition coefficient (Wildman–Crippen LogP) is 2.64. The molecule has 5 heterocycles. The van der Waals surface area contributed by atoms with E-state index < -0.39 is 0 Å². The van der Waals surface area contributed by atoms with Gasteiger partial charge in [-0.1, -0.05) is 0 Å². The fourth-order valence-corrected chi connectivity index (χ4v) is 3.87. The van der Waals surface area contributed by atoms with Gasteiger partial charge in [-0.25, -0.2) is 19.9 Å². The first kappa shape index (κ1) is 17.3. The van der Waals surface area contributed by atoms with E-state index in [1.807, 2.05) is 22.9 Å². The standard InChI is InChI=1S/C18H17BrN8O/c1-11-17(12-6-23-24-7-12)28-5-4-26(11)15-2-3-20-18(25-15)13-8-22-16-9-21-14(19)10-27(13)16/h2-3,6-11,17H,4-5H2,1H3,(H,23,24)/t11-,17-/m0/s1. The van der Waals surface area contributed by atoms with Gasteiger partial charge < -0.3 is 9.64 Å². The summed E-state index contributed by atoms with van der Waals surface area (Å²) in [5.41, 5.74) is 2.59. The summed E-state index contributed by atoms with van der Waals surface area (Å²) < 4.78 is 8.63. The van der Waals surface area contributed by atoms with Gasteiger partial charge in [0.25, 0.3) is 0 Å². The number of H-pyrrole nitrogens is 1. The molecule has 1 saturated heterocycles. The fourth-order valence-electron chi connectivity index (χ4n) is 3.56. The maximum absolute atomic E-state index is 5.99. The van der Waals surface area contributed by atoms with Gasteiger partial charge in [-0.15, -0.1) is 0 Å². The third-order valence-electron chi connectivity index (χ3n) is 4.94. The second-order valence-corrected chi connectivity index (χ2v) is 7.39. The molecule has 0 spiro atoms. The Hall–Kier alpha value is -2.85. The Bertz CT molecular complexity index is 1110. The molecule has 0 bridgehead atoms. The summed E-state index contributed by atoms with van der Waals surface area (Å²) in [5, 5.41) is 6.90. The Kier molecular flexibility index (Phi) is 4.29. The van der Waals surface area contributed by atoms with Crippen LogP contribution >= 0.6 is 15.9 Å². The van der Waals surface area contributed by atoms with Gasteiger partial charge >= 0.3 is 0 Å². The number of ether oxygens (including phenoxy) is 1. The minimum absolute atomic E-state index is 0.0660. The van der Waals surface area contributed by atoms with Crippen molar-refractivity contribution in [2.75, 3.05) is 18.1 Å². The number of aromatic amines is 1. The zero-order valence-electron chi connectivity index (χ0n) is 15.0. The predicted molar refractivity (Wildman–Crippen MR) is 106 cm³/mol. The van der Waals surface area contributed by atoms with Crippen molar-refractivity contribution in [3.05, 3.63) is 53.4 Å². The molecule has 5 rings (SSSR count). The van der Waals surface area contributed by atoms with Gasteiger partial charge in [0.05, 0.1) is 31.2 Å². The van der Waals surface area contributed by atoms with Crippen LogP contribution in [0.5, 0.6) is 0 Å². The minimum Gasteiger partial charge on any atom is -0.369 e. The second-order valence-electron chi connectivity index (χ2n) is 6.58. The molecule has 28 heavy (non-hydrogen) atoms. The Morgan fingerprint density at radius 1 is 1.21 bits per heavy atom. The van der Waals surface area contributed by atoms with Gasteiger partial charge in [0.15, 0.2) is 11.5 Å². The summed E-state index contributed by atoms with van der Waals surface area (Å²) in [4.78, 5) is 20.1. The van der Waals surface area contributed by atoms with Gasteiger partial charge in [0.1, 0.15) is 22.2 Å². The van der Waals surface area contributed by atoms with Crippen LogP contribution in [0.4, 0.5) is 5.82 Å². The molecular formula is C18H17BrN8O. The highest BCUT2D eigenvalue weighted by Gasteiger charge is 2.31. The third kappa shape index (κ3) is 2.94. The van der Waals surface area contributed by atoms with Crippen molar-refractivity contribution in [1.82, 2.24) is 34.5 Å². The van der Waals surface area contributed by atoms with Crippen LogP contribution in [0.25, 0.3) is 17.2 Å². The van der Waals surface area contributed by atoms with Crippen LogP contribution in [0.1, 0.15) is 18.6 Å². The molecule has 0 aliphatic carbocycles. The maximum Gasteiger partial charge on any atom is 0.180 e. The topological polar surface area (TPSA) is 97.1 Å². The third-order valence-corrected chi connectivity index (χ3v) is 5.35. The van der Waals surface area contributed by atoms with Crippen LogP contribution in [0.15, 0.2) is 47.9 Å². The van der Waals surface area contributed by atoms with Gasteiger partial charge in [-0.2, -0.15) is 5.10 Å². The Labute approximate surface area is 168 Å². The summed E-state index contributed by atoms with van der Waals surface area (Å²) in [6.07, 6.45) is 10.7. The Morgan fingerprint density at radius 3 is 3.00 bits per heavy atom. The number of anilines is 1. The van der Waals surface area contributed by atoms with Crippen molar-refractivity contribution in [2.45, 2.75) is 19.1 Å². The van der Waals surface area contributed by atoms with Crippen molar-refractivity contribution in [3.63, 3.8) is 0 Å². The van der Waals surface area contributed by atoms with Crippen LogP contribution in [0.3, 0.4) is 0 Å². The van der Waals surface area contributed by atoms with E-state index in [4.69, 9.17) is 9.72 Å². The normalized spacial score (nSPS) is 20.0. The number of aromatic nitrogens is 7. The zero-order valence-corrected chi connectivity index (χ0v) is 16.6. The van der Waals surface area contributed by atoms with E-state index in [1.165, 1.54) is 0 Å². The molecule has 1 aliphatic heterocycles. The molecule has 10 heteroatoms. The Balaban J connectivity index is 1.51. The lowest BCUT2D eigenvalue weighted by atomic mass is 10.0. The molecule has 1 aliphatic rings. The molecule has 0 aromatic carbocycles. The Morgan fingerprint density at radius 2 is 2.14 bits per heavy atom. The first-order valence-electron chi connectivity index (χ1n) is 8.89. The van der Waals surface area contributed by atoms with Crippen molar-refractivity contribution < 1.29 is 4.74 Å². The van der Waals surface area contributed by atoms with Crippen molar-refractivity contribution in [2.24, 2.45) is 0 Å². The highest BCUT2D eigenvalue weighted by Crippen LogP contribution is 2.31. The van der Waals surface area contributed by atoms with E-state index in [1.54, 1.807) is 24.8 Å². The number of fused-ring (bicyclic) bond motifs is 1. The number of nitrogens with zero attached hydrogens (tertiary/aromatic N) is 7. The van der Waals surface area contributed by atoms with Crippen LogP contribution in [-0.4, -0.2) is 53.7 Å². The van der Waals surface area contributed by atoms with E-state index in [0.717, 1.165) is 33.9 Å². The molecule has 4 aromatic rings. The number of rotatable bonds is 3. The maximum atomic E-state index is 5.99. The summed E-state index contributed by atoms with van der Waals surface area (Å²) >= 11 is 3.40. The number of morpholine rings is 1. The van der Waals surface area contributed by atoms with Gasteiger partial charge in [0.2, 0.25) is 0 Å². The minimum atomic E-state index is -0.0660. The summed E-state index contributed by atoms with van der Waals surface area (Å²) in [7, 11) is 0. The van der Waals surface area contributed by atoms with Crippen molar-refractivity contribution in [3.8, 4) is 11.5 Å². The molecule has 142 valence electrons. The van der Waals surface area contributed by atoms with E-state index in [-0.39, 0.29) is 12.1 Å². The van der Waals surface area contributed by atoms with E-state index in [9.17, 15) is 0 Å². The van der Waals surface area contributed by atoms with Crippen LogP contribution < -0.4 is 4.90 Å². The molecule has 9 nitrogen and oxygen atoms in total. The van der Waals surface area contributed by atoms with E-state index >= 15 is 0 Å². The highest BCUT2D eigenvalue weighted by atomic mass is 79.9. The molecule has 2 atom stereocenters. The first-order chi connectivity index (χ1) is 13.7. The molecule has 1 fully saturated rings. The number of nitrogens with one attached hydrogen (secondary N) is 1. The second kappa shape index (κ2) is 6.95. The van der Waals surface area contributed by atoms with Crippen LogP contribution in [-0.2, 0) is 4.74 Å². The van der Waals surface area contributed by atoms with Gasteiger partial charge in [-0.3, -0.25) is 9.50 Å². The molecule has 0 amide bonds. The average molecular weight is 441 g/mol. The molecule has 0 unspecified atom stereocenters. The van der Waals surface area contributed by atoms with Crippen molar-refractivity contribution >= 4 is 27.4 Å². The fraction of sp³-hybridized carbons (Fsp3) is 0.278. The van der Waals surface area contributed by atoms with E-state index in [0.29, 0.717) is 12.4 Å². The van der Waals surface area contributed by atoms with E-state index in [2.05, 4.69) is 52.9 Å². The van der Waals surface area contributed by atoms with Gasteiger partial charge in [0, 0.05) is 30.7 Å². The summed E-state index contributed by atoms with van der Waals surface area (Å²) in [6.45, 7) is 3.51. The number of hydrogen-bond acceptors (Lipinski definition) is 7. The lowest BCUT2D eigenvalue weighted by Crippen LogP contribution is -2.46. The molecular weight excluding hydrogens is 424 g/mol.